The third kappa shape index (κ3) is 3.27. The number of amides is 1. The second-order valence-electron chi connectivity index (χ2n) is 5.77. The number of aromatic amines is 1. The smallest absolute Gasteiger partial charge is 0.270 e. The third-order valence-electron chi connectivity index (χ3n) is 4.20. The van der Waals surface area contributed by atoms with Gasteiger partial charge in [0.2, 0.25) is 0 Å². The van der Waals surface area contributed by atoms with E-state index in [-0.39, 0.29) is 5.91 Å². The van der Waals surface area contributed by atoms with E-state index in [1.807, 2.05) is 11.0 Å². The largest absolute Gasteiger partial charge is 0.397 e. The molecule has 1 aliphatic heterocycles. The van der Waals surface area contributed by atoms with E-state index in [1.165, 1.54) is 5.56 Å². The van der Waals surface area contributed by atoms with Crippen molar-refractivity contribution in [1.82, 2.24) is 9.88 Å². The van der Waals surface area contributed by atoms with Crippen LogP contribution in [0.1, 0.15) is 28.9 Å². The first kappa shape index (κ1) is 13.7. The Hall–Kier alpha value is -2.23. The number of rotatable bonds is 3. The number of H-pyrrole nitrogens is 1. The molecule has 1 aliphatic rings. The predicted octanol–water partition coefficient (Wildman–Crippen LogP) is 2.69. The van der Waals surface area contributed by atoms with Crippen LogP contribution in [0.2, 0.25) is 0 Å². The van der Waals surface area contributed by atoms with Gasteiger partial charge in [-0.2, -0.15) is 0 Å². The van der Waals surface area contributed by atoms with E-state index < -0.39 is 0 Å². The van der Waals surface area contributed by atoms with Gasteiger partial charge < -0.3 is 15.6 Å². The number of hydrogen-bond acceptors (Lipinski definition) is 2. The highest BCUT2D eigenvalue weighted by Crippen LogP contribution is 2.22. The average Bonchev–Trinajstić information content (AvgIpc) is 2.95. The molecular weight excluding hydrogens is 262 g/mol. The summed E-state index contributed by atoms with van der Waals surface area (Å²) in [6.45, 7) is 1.66. The molecule has 3 rings (SSSR count). The zero-order valence-electron chi connectivity index (χ0n) is 12.1. The molecule has 1 aromatic heterocycles. The van der Waals surface area contributed by atoms with Gasteiger partial charge in [-0.05, 0) is 36.8 Å². The molecule has 0 aliphatic carbocycles. The number of nitrogens with two attached hydrogens (primary N) is 1. The Balaban J connectivity index is 1.54. The molecule has 0 saturated carbocycles. The fourth-order valence-corrected chi connectivity index (χ4v) is 2.99. The van der Waals surface area contributed by atoms with Crippen molar-refractivity contribution < 1.29 is 4.79 Å². The molecule has 2 heterocycles. The molecule has 0 radical (unpaired) electrons. The van der Waals surface area contributed by atoms with Gasteiger partial charge in [0.15, 0.2) is 0 Å². The lowest BCUT2D eigenvalue weighted by Gasteiger charge is -2.31. The summed E-state index contributed by atoms with van der Waals surface area (Å²) in [7, 11) is 0. The second-order valence-corrected chi connectivity index (χ2v) is 5.77. The quantitative estimate of drug-likeness (QED) is 0.909. The maximum atomic E-state index is 12.3. The van der Waals surface area contributed by atoms with Crippen LogP contribution in [-0.2, 0) is 6.42 Å². The minimum Gasteiger partial charge on any atom is -0.397 e. The van der Waals surface area contributed by atoms with Gasteiger partial charge in [-0.25, -0.2) is 0 Å². The Morgan fingerprint density at radius 2 is 1.95 bits per heavy atom. The monoisotopic (exact) mass is 283 g/mol. The van der Waals surface area contributed by atoms with Gasteiger partial charge >= 0.3 is 0 Å². The molecule has 3 N–H and O–H groups in total. The number of nitrogen functional groups attached to an aromatic ring is 1. The molecule has 0 spiro atoms. The Kier molecular flexibility index (Phi) is 3.95. The summed E-state index contributed by atoms with van der Waals surface area (Å²) in [5, 5.41) is 0. The van der Waals surface area contributed by atoms with Crippen LogP contribution in [0.25, 0.3) is 0 Å². The van der Waals surface area contributed by atoms with E-state index in [1.54, 1.807) is 12.3 Å². The van der Waals surface area contributed by atoms with Crippen LogP contribution in [-0.4, -0.2) is 28.9 Å². The van der Waals surface area contributed by atoms with Crippen LogP contribution in [0.15, 0.2) is 42.6 Å². The van der Waals surface area contributed by atoms with Gasteiger partial charge in [0, 0.05) is 25.0 Å². The van der Waals surface area contributed by atoms with Crippen LogP contribution in [0.3, 0.4) is 0 Å². The van der Waals surface area contributed by atoms with Gasteiger partial charge in [0.25, 0.3) is 5.91 Å². The third-order valence-corrected chi connectivity index (χ3v) is 4.20. The second kappa shape index (κ2) is 6.04. The van der Waals surface area contributed by atoms with Crippen molar-refractivity contribution in [3.8, 4) is 0 Å². The number of hydrogen-bond donors (Lipinski definition) is 2. The number of carbonyl (C=O) groups excluding carboxylic acids is 1. The molecule has 1 aromatic carbocycles. The van der Waals surface area contributed by atoms with Crippen LogP contribution in [0.5, 0.6) is 0 Å². The number of aromatic nitrogens is 1. The molecule has 0 bridgehead atoms. The number of anilines is 1. The zero-order valence-corrected chi connectivity index (χ0v) is 12.1. The number of nitrogens with zero attached hydrogens (tertiary/aromatic N) is 1. The van der Waals surface area contributed by atoms with E-state index in [9.17, 15) is 4.79 Å². The number of likely N-dealkylation sites (tertiary alicyclic amines) is 1. The standard InChI is InChI=1S/C17H21N3O/c18-15-11-16(19-12-15)17(21)20-8-6-14(7-9-20)10-13-4-2-1-3-5-13/h1-5,11-12,14,19H,6-10,18H2. The minimum absolute atomic E-state index is 0.0601. The molecule has 4 nitrogen and oxygen atoms in total. The van der Waals surface area contributed by atoms with Gasteiger partial charge in [-0.3, -0.25) is 4.79 Å². The van der Waals surface area contributed by atoms with Crippen molar-refractivity contribution in [1.29, 1.82) is 0 Å². The SMILES string of the molecule is Nc1c[nH]c(C(=O)N2CCC(Cc3ccccc3)CC2)c1. The fourth-order valence-electron chi connectivity index (χ4n) is 2.99. The Labute approximate surface area is 125 Å². The lowest BCUT2D eigenvalue weighted by molar-refractivity contribution is 0.0685. The summed E-state index contributed by atoms with van der Waals surface area (Å²) in [4.78, 5) is 17.2. The van der Waals surface area contributed by atoms with E-state index >= 15 is 0 Å². The molecule has 1 fully saturated rings. The molecule has 2 aromatic rings. The van der Waals surface area contributed by atoms with E-state index in [4.69, 9.17) is 5.73 Å². The first-order valence-corrected chi connectivity index (χ1v) is 7.49. The van der Waals surface area contributed by atoms with E-state index in [0.717, 1.165) is 32.4 Å². The van der Waals surface area contributed by atoms with E-state index in [2.05, 4.69) is 29.2 Å². The highest BCUT2D eigenvalue weighted by Gasteiger charge is 2.24. The summed E-state index contributed by atoms with van der Waals surface area (Å²) in [6.07, 6.45) is 4.90. The average molecular weight is 283 g/mol. The van der Waals surface area contributed by atoms with Crippen molar-refractivity contribution in [2.24, 2.45) is 5.92 Å². The summed E-state index contributed by atoms with van der Waals surface area (Å²) in [5.74, 6) is 0.732. The lowest BCUT2D eigenvalue weighted by atomic mass is 9.90. The van der Waals surface area contributed by atoms with Crippen molar-refractivity contribution in [2.45, 2.75) is 19.3 Å². The minimum atomic E-state index is 0.0601. The van der Waals surface area contributed by atoms with E-state index in [0.29, 0.717) is 17.3 Å². The maximum Gasteiger partial charge on any atom is 0.270 e. The molecule has 4 heteroatoms. The summed E-state index contributed by atoms with van der Waals surface area (Å²) in [5.41, 5.74) is 8.24. The predicted molar refractivity (Wildman–Crippen MR) is 84.0 cm³/mol. The highest BCUT2D eigenvalue weighted by atomic mass is 16.2. The highest BCUT2D eigenvalue weighted by molar-refractivity contribution is 5.93. The normalized spacial score (nSPS) is 16.1. The molecule has 110 valence electrons. The summed E-state index contributed by atoms with van der Waals surface area (Å²) >= 11 is 0. The topological polar surface area (TPSA) is 62.1 Å². The van der Waals surface area contributed by atoms with Crippen LogP contribution >= 0.6 is 0 Å². The fraction of sp³-hybridized carbons (Fsp3) is 0.353. The molecule has 21 heavy (non-hydrogen) atoms. The Morgan fingerprint density at radius 1 is 1.24 bits per heavy atom. The molecular formula is C17H21N3O. The summed E-state index contributed by atoms with van der Waals surface area (Å²) < 4.78 is 0. The molecule has 0 atom stereocenters. The van der Waals surface area contributed by atoms with Gasteiger partial charge in [0.05, 0.1) is 0 Å². The first-order valence-electron chi connectivity index (χ1n) is 7.49. The Morgan fingerprint density at radius 3 is 2.57 bits per heavy atom. The number of piperidine rings is 1. The summed E-state index contributed by atoms with van der Waals surface area (Å²) in [6, 6.07) is 12.3. The van der Waals surface area contributed by atoms with Crippen molar-refractivity contribution >= 4 is 11.6 Å². The van der Waals surface area contributed by atoms with Crippen molar-refractivity contribution in [3.63, 3.8) is 0 Å². The number of carbonyl (C=O) groups is 1. The lowest BCUT2D eigenvalue weighted by Crippen LogP contribution is -2.39. The van der Waals surface area contributed by atoms with Crippen LogP contribution in [0, 0.1) is 5.92 Å². The van der Waals surface area contributed by atoms with Crippen molar-refractivity contribution in [3.05, 3.63) is 53.9 Å². The Bertz CT molecular complexity index is 598. The van der Waals surface area contributed by atoms with Crippen LogP contribution < -0.4 is 5.73 Å². The van der Waals surface area contributed by atoms with Gasteiger partial charge in [-0.1, -0.05) is 30.3 Å². The molecule has 0 unspecified atom stereocenters. The van der Waals surface area contributed by atoms with Crippen LogP contribution in [0.4, 0.5) is 5.69 Å². The van der Waals surface area contributed by atoms with Gasteiger partial charge in [0.1, 0.15) is 5.69 Å². The maximum absolute atomic E-state index is 12.3. The van der Waals surface area contributed by atoms with Crippen molar-refractivity contribution in [2.75, 3.05) is 18.8 Å². The zero-order chi connectivity index (χ0) is 14.7. The number of nitrogens with one attached hydrogen (secondary N) is 1. The number of benzene rings is 1. The molecule has 1 amide bonds. The first-order chi connectivity index (χ1) is 10.2. The molecule has 1 saturated heterocycles. The van der Waals surface area contributed by atoms with Gasteiger partial charge in [-0.15, -0.1) is 0 Å².